The molecule has 82 valence electrons. The van der Waals surface area contributed by atoms with Gasteiger partial charge in [-0.1, -0.05) is 30.3 Å². The average Bonchev–Trinajstić information content (AvgIpc) is 2.16. The van der Waals surface area contributed by atoms with Gasteiger partial charge in [-0.15, -0.1) is 0 Å². The van der Waals surface area contributed by atoms with E-state index in [4.69, 9.17) is 0 Å². The molecule has 1 N–H and O–H groups in total. The highest BCUT2D eigenvalue weighted by atomic mass is 31.2. The minimum Gasteiger partial charge on any atom is -0.386 e. The molecule has 1 rings (SSSR count). The third kappa shape index (κ3) is 4.03. The number of rotatable bonds is 3. The zero-order valence-corrected chi connectivity index (χ0v) is 10.2. The molecule has 0 bridgehead atoms. The molecule has 0 saturated carbocycles. The normalized spacial score (nSPS) is 16.5. The summed E-state index contributed by atoms with van der Waals surface area (Å²) in [6, 6.07) is 9.31. The highest BCUT2D eigenvalue weighted by Crippen LogP contribution is 2.41. The molecule has 0 amide bonds. The first kappa shape index (κ1) is 12.2. The van der Waals surface area contributed by atoms with Crippen LogP contribution < -0.4 is 5.30 Å². The first-order valence-corrected chi connectivity index (χ1v) is 7.09. The Balaban J connectivity index is 2.95. The van der Waals surface area contributed by atoms with Crippen LogP contribution in [0.25, 0.3) is 0 Å². The lowest BCUT2D eigenvalue weighted by Gasteiger charge is -2.13. The summed E-state index contributed by atoms with van der Waals surface area (Å²) in [7, 11) is -2.48. The lowest BCUT2D eigenvalue weighted by molar-refractivity contribution is 0.133. The van der Waals surface area contributed by atoms with E-state index in [1.165, 1.54) is 0 Å². The quantitative estimate of drug-likeness (QED) is 0.801. The van der Waals surface area contributed by atoms with Crippen LogP contribution in [-0.2, 0) is 4.57 Å². The van der Waals surface area contributed by atoms with Crippen LogP contribution in [0.2, 0.25) is 0 Å². The second-order valence-electron chi connectivity index (χ2n) is 4.30. The Labute approximate surface area is 91.0 Å². The maximum absolute atomic E-state index is 12.3. The molecule has 0 spiro atoms. The van der Waals surface area contributed by atoms with Crippen molar-refractivity contribution in [1.29, 1.82) is 0 Å². The molecule has 0 radical (unpaired) electrons. The van der Waals surface area contributed by atoms with Gasteiger partial charge in [-0.05, 0) is 32.4 Å². The minimum atomic E-state index is -2.48. The molecular weight excluding hydrogens is 207 g/mol. The van der Waals surface area contributed by atoms with Gasteiger partial charge in [0.05, 0.1) is 5.60 Å². The second kappa shape index (κ2) is 4.34. The molecule has 15 heavy (non-hydrogen) atoms. The van der Waals surface area contributed by atoms with Gasteiger partial charge in [0, 0.05) is 5.30 Å². The Morgan fingerprint density at radius 3 is 2.27 bits per heavy atom. The van der Waals surface area contributed by atoms with Crippen LogP contribution in [0.1, 0.15) is 13.8 Å². The van der Waals surface area contributed by atoms with Gasteiger partial charge in [0.1, 0.15) is 7.14 Å². The fraction of sp³-hybridized carbons (Fsp3) is 0.333. The summed E-state index contributed by atoms with van der Waals surface area (Å²) in [6.45, 7) is 5.02. The predicted molar refractivity (Wildman–Crippen MR) is 65.0 cm³/mol. The van der Waals surface area contributed by atoms with Gasteiger partial charge < -0.3 is 9.67 Å². The van der Waals surface area contributed by atoms with Crippen molar-refractivity contribution in [2.24, 2.45) is 0 Å². The molecule has 3 heteroatoms. The zero-order chi connectivity index (χ0) is 11.5. The van der Waals surface area contributed by atoms with E-state index in [0.29, 0.717) is 0 Å². The maximum Gasteiger partial charge on any atom is 0.133 e. The molecule has 0 aliphatic rings. The molecule has 1 unspecified atom stereocenters. The molecule has 1 aromatic carbocycles. The van der Waals surface area contributed by atoms with E-state index in [1.54, 1.807) is 32.4 Å². The molecular formula is C12H17O2P. The van der Waals surface area contributed by atoms with Crippen molar-refractivity contribution >= 4 is 12.4 Å². The van der Waals surface area contributed by atoms with Crippen molar-refractivity contribution in [2.45, 2.75) is 19.4 Å². The van der Waals surface area contributed by atoms with Gasteiger partial charge in [-0.3, -0.25) is 0 Å². The van der Waals surface area contributed by atoms with Crippen molar-refractivity contribution in [1.82, 2.24) is 0 Å². The summed E-state index contributed by atoms with van der Waals surface area (Å²) in [5, 5.41) is 10.3. The van der Waals surface area contributed by atoms with Crippen LogP contribution in [0.3, 0.4) is 0 Å². The zero-order valence-electron chi connectivity index (χ0n) is 9.34. The van der Waals surface area contributed by atoms with Crippen molar-refractivity contribution < 1.29 is 9.67 Å². The van der Waals surface area contributed by atoms with E-state index in [9.17, 15) is 9.67 Å². The molecule has 0 aromatic heterocycles. The summed E-state index contributed by atoms with van der Waals surface area (Å²) in [6.07, 6.45) is 1.58. The van der Waals surface area contributed by atoms with Crippen LogP contribution in [0.15, 0.2) is 42.2 Å². The van der Waals surface area contributed by atoms with Crippen LogP contribution in [0.4, 0.5) is 0 Å². The Bertz CT molecular complexity index is 388. The van der Waals surface area contributed by atoms with Gasteiger partial charge >= 0.3 is 0 Å². The predicted octanol–water partition coefficient (Wildman–Crippen LogP) is 2.59. The second-order valence-corrected chi connectivity index (χ2v) is 7.09. The van der Waals surface area contributed by atoms with E-state index in [2.05, 4.69) is 0 Å². The monoisotopic (exact) mass is 224 g/mol. The molecule has 1 aromatic rings. The van der Waals surface area contributed by atoms with E-state index < -0.39 is 12.7 Å². The Hall–Kier alpha value is -0.850. The fourth-order valence-electron chi connectivity index (χ4n) is 1.13. The molecule has 0 heterocycles. The Kier molecular flexibility index (Phi) is 3.54. The largest absolute Gasteiger partial charge is 0.386 e. The third-order valence-electron chi connectivity index (χ3n) is 2.04. The summed E-state index contributed by atoms with van der Waals surface area (Å²) in [5.41, 5.74) is -0.916. The third-order valence-corrected chi connectivity index (χ3v) is 4.08. The molecule has 0 saturated heterocycles. The highest BCUT2D eigenvalue weighted by molar-refractivity contribution is 7.73. The van der Waals surface area contributed by atoms with Crippen molar-refractivity contribution in [3.63, 3.8) is 0 Å². The maximum atomic E-state index is 12.3. The fourth-order valence-corrected chi connectivity index (χ4v) is 2.72. The summed E-state index contributed by atoms with van der Waals surface area (Å²) >= 11 is 0. The van der Waals surface area contributed by atoms with E-state index in [1.807, 2.05) is 30.3 Å². The standard InChI is InChI=1S/C12H17O2P/c1-12(2,13)9-10-15(3,14)11-7-5-4-6-8-11/h4-10,13H,1-3H3/b10-9+. The molecule has 2 nitrogen and oxygen atoms in total. The van der Waals surface area contributed by atoms with Crippen LogP contribution in [0, 0.1) is 0 Å². The summed E-state index contributed by atoms with van der Waals surface area (Å²) in [5.74, 6) is 1.61. The molecule has 1 atom stereocenters. The average molecular weight is 224 g/mol. The summed E-state index contributed by atoms with van der Waals surface area (Å²) in [4.78, 5) is 0. The van der Waals surface area contributed by atoms with Gasteiger partial charge in [0.25, 0.3) is 0 Å². The number of aliphatic hydroxyl groups is 1. The van der Waals surface area contributed by atoms with Crippen molar-refractivity contribution in [3.8, 4) is 0 Å². The van der Waals surface area contributed by atoms with Gasteiger partial charge in [0.15, 0.2) is 0 Å². The van der Waals surface area contributed by atoms with Crippen LogP contribution in [0.5, 0.6) is 0 Å². The van der Waals surface area contributed by atoms with Gasteiger partial charge in [0.2, 0.25) is 0 Å². The Morgan fingerprint density at radius 2 is 1.80 bits per heavy atom. The molecule has 0 aliphatic carbocycles. The minimum absolute atomic E-state index is 0.811. The van der Waals surface area contributed by atoms with Crippen molar-refractivity contribution in [2.75, 3.05) is 6.66 Å². The molecule has 0 fully saturated rings. The lowest BCUT2D eigenvalue weighted by atomic mass is 10.1. The van der Waals surface area contributed by atoms with Crippen molar-refractivity contribution in [3.05, 3.63) is 42.2 Å². The van der Waals surface area contributed by atoms with E-state index >= 15 is 0 Å². The van der Waals surface area contributed by atoms with E-state index in [0.717, 1.165) is 5.30 Å². The van der Waals surface area contributed by atoms with E-state index in [-0.39, 0.29) is 0 Å². The lowest BCUT2D eigenvalue weighted by Crippen LogP contribution is -2.14. The highest BCUT2D eigenvalue weighted by Gasteiger charge is 2.16. The SMILES string of the molecule is CC(C)(O)/C=C/P(C)(=O)c1ccccc1. The molecule has 0 aliphatic heterocycles. The first-order chi connectivity index (χ1) is 6.81. The number of hydrogen-bond acceptors (Lipinski definition) is 2. The Morgan fingerprint density at radius 1 is 1.27 bits per heavy atom. The van der Waals surface area contributed by atoms with Gasteiger partial charge in [-0.25, -0.2) is 0 Å². The topological polar surface area (TPSA) is 37.3 Å². The number of benzene rings is 1. The first-order valence-electron chi connectivity index (χ1n) is 4.87. The number of hydrogen-bond donors (Lipinski definition) is 1. The van der Waals surface area contributed by atoms with Crippen LogP contribution >= 0.6 is 7.14 Å². The smallest absolute Gasteiger partial charge is 0.133 e. The summed E-state index contributed by atoms with van der Waals surface area (Å²) < 4.78 is 12.3. The van der Waals surface area contributed by atoms with Gasteiger partial charge in [-0.2, -0.15) is 0 Å². The van der Waals surface area contributed by atoms with Crippen LogP contribution in [-0.4, -0.2) is 17.4 Å².